The van der Waals surface area contributed by atoms with Gasteiger partial charge < -0.3 is 0 Å². The second-order valence-corrected chi connectivity index (χ2v) is 7.58. The Bertz CT molecular complexity index is 256. The minimum atomic E-state index is 0.549. The average Bonchev–Trinajstić information content (AvgIpc) is 3.09. The molecule has 0 aromatic rings. The quantitative estimate of drug-likeness (QED) is 0.373. The smallest absolute Gasteiger partial charge is 0.0809 e. The molecule has 0 unspecified atom stereocenters. The van der Waals surface area contributed by atoms with Crippen LogP contribution < -0.4 is 0 Å². The number of hydrogen-bond acceptors (Lipinski definition) is 2. The Morgan fingerprint density at radius 1 is 0.818 bits per heavy atom. The topological polar surface area (TPSA) is 12.5 Å². The number of nitrogens with zero attached hydrogens (tertiary/aromatic N) is 1. The van der Waals surface area contributed by atoms with Gasteiger partial charge in [-0.2, -0.15) is 5.06 Å². The molecule has 130 valence electrons. The van der Waals surface area contributed by atoms with E-state index in [4.69, 9.17) is 4.84 Å². The van der Waals surface area contributed by atoms with Crippen LogP contribution in [0.2, 0.25) is 0 Å². The first-order valence-electron chi connectivity index (χ1n) is 10.3. The molecule has 22 heavy (non-hydrogen) atoms. The third-order valence-electron chi connectivity index (χ3n) is 5.52. The third-order valence-corrected chi connectivity index (χ3v) is 5.52. The van der Waals surface area contributed by atoms with Crippen molar-refractivity contribution in [1.29, 1.82) is 0 Å². The molecule has 0 radical (unpaired) electrons. The zero-order valence-electron chi connectivity index (χ0n) is 15.0. The second kappa shape index (κ2) is 11.5. The van der Waals surface area contributed by atoms with Crippen molar-refractivity contribution in [2.45, 2.75) is 122 Å². The highest BCUT2D eigenvalue weighted by atomic mass is 16.7. The van der Waals surface area contributed by atoms with E-state index in [2.05, 4.69) is 12.0 Å². The summed E-state index contributed by atoms with van der Waals surface area (Å²) in [7, 11) is 0. The van der Waals surface area contributed by atoms with Crippen LogP contribution in [0.5, 0.6) is 0 Å². The molecule has 0 aromatic heterocycles. The van der Waals surface area contributed by atoms with Gasteiger partial charge in [-0.3, -0.25) is 4.84 Å². The first-order chi connectivity index (χ1) is 10.9. The van der Waals surface area contributed by atoms with Crippen LogP contribution in [0, 0.1) is 0 Å². The minimum absolute atomic E-state index is 0.549. The zero-order valence-corrected chi connectivity index (χ0v) is 15.0. The van der Waals surface area contributed by atoms with E-state index in [-0.39, 0.29) is 0 Å². The molecule has 2 nitrogen and oxygen atoms in total. The van der Waals surface area contributed by atoms with Crippen LogP contribution in [0.25, 0.3) is 0 Å². The van der Waals surface area contributed by atoms with Crippen molar-refractivity contribution in [3.8, 4) is 0 Å². The summed E-state index contributed by atoms with van der Waals surface area (Å²) >= 11 is 0. The molecular weight excluding hydrogens is 270 g/mol. The number of hydroxylamine groups is 2. The molecule has 2 rings (SSSR count). The Morgan fingerprint density at radius 3 is 2.00 bits per heavy atom. The van der Waals surface area contributed by atoms with Crippen molar-refractivity contribution in [2.24, 2.45) is 0 Å². The van der Waals surface area contributed by atoms with Crippen LogP contribution in [-0.2, 0) is 4.84 Å². The highest BCUT2D eigenvalue weighted by Gasteiger charge is 2.35. The second-order valence-electron chi connectivity index (χ2n) is 7.58. The summed E-state index contributed by atoms with van der Waals surface area (Å²) in [6.45, 7) is 3.47. The molecule has 2 atom stereocenters. The maximum atomic E-state index is 6.02. The normalized spacial score (nSPS) is 25.0. The van der Waals surface area contributed by atoms with E-state index in [0.717, 1.165) is 6.04 Å². The van der Waals surface area contributed by atoms with E-state index in [1.54, 1.807) is 0 Å². The number of rotatable bonds is 13. The Labute approximate surface area is 138 Å². The van der Waals surface area contributed by atoms with Gasteiger partial charge in [-0.05, 0) is 25.7 Å². The first kappa shape index (κ1) is 18.3. The zero-order chi connectivity index (χ0) is 15.5. The highest BCUT2D eigenvalue weighted by molar-refractivity contribution is 4.82. The average molecular weight is 310 g/mol. The van der Waals surface area contributed by atoms with E-state index in [1.165, 1.54) is 109 Å². The number of unbranched alkanes of at least 4 members (excludes halogenated alkanes) is 11. The van der Waals surface area contributed by atoms with Gasteiger partial charge in [0.2, 0.25) is 0 Å². The largest absolute Gasteiger partial charge is 0.295 e. The van der Waals surface area contributed by atoms with Gasteiger partial charge in [-0.15, -0.1) is 0 Å². The van der Waals surface area contributed by atoms with Gasteiger partial charge in [-0.25, -0.2) is 0 Å². The van der Waals surface area contributed by atoms with Crippen molar-refractivity contribution in [2.75, 3.05) is 6.54 Å². The van der Waals surface area contributed by atoms with Crippen LogP contribution in [0.15, 0.2) is 0 Å². The summed E-state index contributed by atoms with van der Waals surface area (Å²) in [6.07, 6.45) is 23.1. The van der Waals surface area contributed by atoms with Crippen LogP contribution in [-0.4, -0.2) is 23.8 Å². The molecule has 2 aliphatic heterocycles. The SMILES string of the molecule is CCCCCCCCCCCCCC[C@@H]1C[C@H]2CCCN2O1. The van der Waals surface area contributed by atoms with Gasteiger partial charge in [0, 0.05) is 12.6 Å². The third kappa shape index (κ3) is 7.00. The van der Waals surface area contributed by atoms with Gasteiger partial charge >= 0.3 is 0 Å². The van der Waals surface area contributed by atoms with Crippen LogP contribution in [0.1, 0.15) is 110 Å². The maximum absolute atomic E-state index is 6.02. The number of hydrogen-bond donors (Lipinski definition) is 0. The lowest BCUT2D eigenvalue weighted by Gasteiger charge is -2.13. The van der Waals surface area contributed by atoms with Crippen LogP contribution in [0.4, 0.5) is 0 Å². The summed E-state index contributed by atoms with van der Waals surface area (Å²) < 4.78 is 0. The monoisotopic (exact) mass is 309 g/mol. The molecule has 0 N–H and O–H groups in total. The summed E-state index contributed by atoms with van der Waals surface area (Å²) in [6, 6.07) is 0.766. The molecule has 0 saturated carbocycles. The van der Waals surface area contributed by atoms with Crippen LogP contribution in [0.3, 0.4) is 0 Å². The Kier molecular flexibility index (Phi) is 9.51. The van der Waals surface area contributed by atoms with E-state index in [0.29, 0.717) is 6.10 Å². The Hall–Kier alpha value is -0.0800. The highest BCUT2D eigenvalue weighted by Crippen LogP contribution is 2.32. The Balaban J connectivity index is 1.29. The molecule has 2 aliphatic rings. The molecular formula is C20H39NO. The summed E-state index contributed by atoms with van der Waals surface area (Å²) in [5.74, 6) is 0. The molecule has 2 saturated heterocycles. The van der Waals surface area contributed by atoms with Gasteiger partial charge in [0.15, 0.2) is 0 Å². The van der Waals surface area contributed by atoms with Gasteiger partial charge in [0.25, 0.3) is 0 Å². The summed E-state index contributed by atoms with van der Waals surface area (Å²) in [5, 5.41) is 2.27. The maximum Gasteiger partial charge on any atom is 0.0809 e. The van der Waals surface area contributed by atoms with Crippen LogP contribution >= 0.6 is 0 Å². The lowest BCUT2D eigenvalue weighted by Crippen LogP contribution is -2.20. The van der Waals surface area contributed by atoms with Crippen molar-refractivity contribution >= 4 is 0 Å². The van der Waals surface area contributed by atoms with E-state index >= 15 is 0 Å². The van der Waals surface area contributed by atoms with Gasteiger partial charge in [0.05, 0.1) is 6.10 Å². The van der Waals surface area contributed by atoms with Crippen molar-refractivity contribution in [3.63, 3.8) is 0 Å². The standard InChI is InChI=1S/C20H39NO/c1-2-3-4-5-6-7-8-9-10-11-12-13-16-20-18-19-15-14-17-21(19)22-20/h19-20H,2-18H2,1H3/t19-,20-/m1/s1. The fourth-order valence-corrected chi connectivity index (χ4v) is 4.11. The van der Waals surface area contributed by atoms with Gasteiger partial charge in [-0.1, -0.05) is 84.0 Å². The fraction of sp³-hybridized carbons (Fsp3) is 1.00. The molecule has 2 fully saturated rings. The van der Waals surface area contributed by atoms with Gasteiger partial charge in [0.1, 0.15) is 0 Å². The van der Waals surface area contributed by atoms with Crippen molar-refractivity contribution < 1.29 is 4.84 Å². The molecule has 0 amide bonds. The summed E-state index contributed by atoms with van der Waals surface area (Å²) in [5.41, 5.74) is 0. The molecule has 0 spiro atoms. The lowest BCUT2D eigenvalue weighted by molar-refractivity contribution is -0.149. The van der Waals surface area contributed by atoms with E-state index in [9.17, 15) is 0 Å². The predicted molar refractivity (Wildman–Crippen MR) is 94.9 cm³/mol. The lowest BCUT2D eigenvalue weighted by atomic mass is 10.0. The Morgan fingerprint density at radius 2 is 1.41 bits per heavy atom. The molecule has 2 heteroatoms. The van der Waals surface area contributed by atoms with E-state index < -0.39 is 0 Å². The minimum Gasteiger partial charge on any atom is -0.295 e. The van der Waals surface area contributed by atoms with E-state index in [1.807, 2.05) is 0 Å². The van der Waals surface area contributed by atoms with Crippen molar-refractivity contribution in [1.82, 2.24) is 5.06 Å². The predicted octanol–water partition coefficient (Wildman–Crippen LogP) is 6.25. The molecule has 0 aromatic carbocycles. The van der Waals surface area contributed by atoms with Crippen molar-refractivity contribution in [3.05, 3.63) is 0 Å². The molecule has 0 bridgehead atoms. The molecule has 2 heterocycles. The fourth-order valence-electron chi connectivity index (χ4n) is 4.11. The summed E-state index contributed by atoms with van der Waals surface area (Å²) in [4.78, 5) is 6.02. The first-order valence-corrected chi connectivity index (χ1v) is 10.3. The number of fused-ring (bicyclic) bond motifs is 1. The molecule has 0 aliphatic carbocycles.